The van der Waals surface area contributed by atoms with Gasteiger partial charge in [-0.2, -0.15) is 5.10 Å². The Labute approximate surface area is 135 Å². The van der Waals surface area contributed by atoms with Crippen LogP contribution in [-0.2, 0) is 4.79 Å². The zero-order chi connectivity index (χ0) is 16.0. The van der Waals surface area contributed by atoms with E-state index in [1.165, 1.54) is 0 Å². The van der Waals surface area contributed by atoms with Gasteiger partial charge < -0.3 is 10.1 Å². The normalized spacial score (nSPS) is 19.5. The third-order valence-corrected chi connectivity index (χ3v) is 4.44. The molecule has 5 nitrogen and oxygen atoms in total. The van der Waals surface area contributed by atoms with Gasteiger partial charge >= 0.3 is 0 Å². The maximum absolute atomic E-state index is 12.2. The number of fused-ring (bicyclic) bond motifs is 2. The van der Waals surface area contributed by atoms with E-state index < -0.39 is 0 Å². The number of benzene rings is 1. The first-order valence-corrected chi connectivity index (χ1v) is 7.93. The van der Waals surface area contributed by atoms with E-state index in [1.807, 2.05) is 35.1 Å². The highest BCUT2D eigenvalue weighted by Crippen LogP contribution is 2.41. The monoisotopic (exact) mass is 309 g/mol. The molecule has 2 aromatic rings. The van der Waals surface area contributed by atoms with Gasteiger partial charge in [-0.3, -0.25) is 4.79 Å². The molecule has 0 unspecified atom stereocenters. The van der Waals surface area contributed by atoms with Gasteiger partial charge in [0.05, 0.1) is 6.20 Å². The van der Waals surface area contributed by atoms with E-state index in [1.54, 1.807) is 0 Å². The highest BCUT2D eigenvalue weighted by molar-refractivity contribution is 5.94. The van der Waals surface area contributed by atoms with E-state index in [2.05, 4.69) is 30.3 Å². The lowest BCUT2D eigenvalue weighted by atomic mass is 9.85. The molecule has 1 aromatic carbocycles. The molecule has 5 heteroatoms. The Morgan fingerprint density at radius 1 is 1.35 bits per heavy atom. The molecule has 0 radical (unpaired) electrons. The molecule has 0 spiro atoms. The predicted octanol–water partition coefficient (Wildman–Crippen LogP) is 3.37. The molecule has 3 heterocycles. The quantitative estimate of drug-likeness (QED) is 0.925. The van der Waals surface area contributed by atoms with Gasteiger partial charge in [-0.15, -0.1) is 0 Å². The van der Waals surface area contributed by atoms with Crippen molar-refractivity contribution in [2.24, 2.45) is 0 Å². The first kappa shape index (κ1) is 14.1. The summed E-state index contributed by atoms with van der Waals surface area (Å²) in [7, 11) is 0. The van der Waals surface area contributed by atoms with Crippen molar-refractivity contribution >= 4 is 17.8 Å². The van der Waals surface area contributed by atoms with Crippen LogP contribution in [0, 0.1) is 0 Å². The van der Waals surface area contributed by atoms with Crippen LogP contribution in [0.25, 0.3) is 6.08 Å². The molecule has 0 fully saturated rings. The van der Waals surface area contributed by atoms with Crippen molar-refractivity contribution in [2.75, 3.05) is 11.9 Å². The molecule has 4 rings (SSSR count). The second-order valence-electron chi connectivity index (χ2n) is 6.34. The van der Waals surface area contributed by atoms with E-state index in [-0.39, 0.29) is 17.9 Å². The van der Waals surface area contributed by atoms with Crippen LogP contribution in [-0.4, -0.2) is 22.3 Å². The van der Waals surface area contributed by atoms with Gasteiger partial charge in [0.25, 0.3) is 0 Å². The maximum Gasteiger partial charge on any atom is 0.226 e. The number of carbonyl (C=O) groups is 1. The first-order valence-electron chi connectivity index (χ1n) is 7.93. The molecule has 1 atom stereocenters. The number of nitrogens with zero attached hydrogens (tertiary/aromatic N) is 2. The molecule has 2 aliphatic rings. The summed E-state index contributed by atoms with van der Waals surface area (Å²) in [6, 6.07) is 8.18. The fraction of sp³-hybridized carbons (Fsp3) is 0.333. The molecule has 0 saturated heterocycles. The van der Waals surface area contributed by atoms with Crippen LogP contribution in [0.1, 0.15) is 43.4 Å². The molecule has 1 amide bonds. The number of carbonyl (C=O) groups excluding carboxylic acids is 1. The van der Waals surface area contributed by atoms with Gasteiger partial charge in [0.2, 0.25) is 5.91 Å². The Morgan fingerprint density at radius 3 is 3.00 bits per heavy atom. The number of anilines is 1. The zero-order valence-electron chi connectivity index (χ0n) is 13.2. The van der Waals surface area contributed by atoms with Gasteiger partial charge in [-0.05, 0) is 31.6 Å². The van der Waals surface area contributed by atoms with E-state index in [9.17, 15) is 4.79 Å². The Kier molecular flexibility index (Phi) is 3.22. The number of amides is 1. The molecular weight excluding hydrogens is 290 g/mol. The second kappa shape index (κ2) is 5.26. The number of aromatic nitrogens is 2. The molecule has 118 valence electrons. The molecule has 2 aliphatic heterocycles. The summed E-state index contributed by atoms with van der Waals surface area (Å²) >= 11 is 0. The van der Waals surface area contributed by atoms with Crippen molar-refractivity contribution < 1.29 is 9.53 Å². The Bertz CT molecular complexity index is 804. The number of para-hydroxylation sites is 1. The Morgan fingerprint density at radius 2 is 2.17 bits per heavy atom. The van der Waals surface area contributed by atoms with Crippen LogP contribution in [0.15, 0.2) is 36.0 Å². The minimum absolute atomic E-state index is 0.0274. The Hall–Kier alpha value is -2.56. The Balaban J connectivity index is 1.77. The average molecular weight is 309 g/mol. The van der Waals surface area contributed by atoms with Crippen molar-refractivity contribution in [1.29, 1.82) is 0 Å². The van der Waals surface area contributed by atoms with Crippen LogP contribution in [0.3, 0.4) is 0 Å². The zero-order valence-corrected chi connectivity index (χ0v) is 13.2. The summed E-state index contributed by atoms with van der Waals surface area (Å²) in [4.78, 5) is 12.2. The van der Waals surface area contributed by atoms with E-state index in [0.29, 0.717) is 13.0 Å². The fourth-order valence-electron chi connectivity index (χ4n) is 3.30. The summed E-state index contributed by atoms with van der Waals surface area (Å²) in [5.41, 5.74) is 3.27. The molecule has 0 aliphatic carbocycles. The smallest absolute Gasteiger partial charge is 0.226 e. The second-order valence-corrected chi connectivity index (χ2v) is 6.34. The van der Waals surface area contributed by atoms with Crippen molar-refractivity contribution in [1.82, 2.24) is 9.78 Å². The molecule has 1 N–H and O–H groups in total. The summed E-state index contributed by atoms with van der Waals surface area (Å²) < 4.78 is 7.74. The number of rotatable bonds is 2. The lowest BCUT2D eigenvalue weighted by Crippen LogP contribution is -2.27. The molecule has 0 bridgehead atoms. The lowest BCUT2D eigenvalue weighted by molar-refractivity contribution is -0.116. The lowest BCUT2D eigenvalue weighted by Gasteiger charge is -2.28. The van der Waals surface area contributed by atoms with Crippen LogP contribution >= 0.6 is 0 Å². The van der Waals surface area contributed by atoms with Crippen molar-refractivity contribution in [3.05, 3.63) is 47.2 Å². The minimum atomic E-state index is 0.0274. The highest BCUT2D eigenvalue weighted by atomic mass is 16.5. The van der Waals surface area contributed by atoms with Gasteiger partial charge in [0.15, 0.2) is 0 Å². The molecule has 23 heavy (non-hydrogen) atoms. The summed E-state index contributed by atoms with van der Waals surface area (Å²) in [6.45, 7) is 4.63. The van der Waals surface area contributed by atoms with Crippen molar-refractivity contribution in [2.45, 2.75) is 32.2 Å². The van der Waals surface area contributed by atoms with Crippen molar-refractivity contribution in [3.8, 4) is 5.75 Å². The van der Waals surface area contributed by atoms with Gasteiger partial charge in [-0.25, -0.2) is 4.68 Å². The van der Waals surface area contributed by atoms with Crippen LogP contribution < -0.4 is 10.1 Å². The van der Waals surface area contributed by atoms with Crippen LogP contribution in [0.2, 0.25) is 0 Å². The number of hydrogen-bond donors (Lipinski definition) is 1. The standard InChI is InChI=1S/C18H19N3O2/c1-11(2)21-18-15(9-19-21)14(8-17(22)20-18)13-7-12-5-3-4-6-16(12)23-10-13/h3-7,9,11,14H,8,10H2,1-2H3,(H,20,22)/t14-/m0/s1. The topological polar surface area (TPSA) is 56.2 Å². The first-order chi connectivity index (χ1) is 11.1. The summed E-state index contributed by atoms with van der Waals surface area (Å²) in [5.74, 6) is 1.78. The largest absolute Gasteiger partial charge is 0.489 e. The van der Waals surface area contributed by atoms with E-state index in [4.69, 9.17) is 4.74 Å². The maximum atomic E-state index is 12.2. The molecule has 0 saturated carbocycles. The summed E-state index contributed by atoms with van der Waals surface area (Å²) in [5, 5.41) is 7.43. The number of nitrogens with one attached hydrogen (secondary N) is 1. The SMILES string of the molecule is CC(C)n1ncc2c1NC(=O)C[C@H]2C1=Cc2ccccc2OC1. The van der Waals surface area contributed by atoms with Crippen LogP contribution in [0.5, 0.6) is 5.75 Å². The van der Waals surface area contributed by atoms with E-state index in [0.717, 1.165) is 28.3 Å². The number of ether oxygens (including phenoxy) is 1. The van der Waals surface area contributed by atoms with E-state index >= 15 is 0 Å². The summed E-state index contributed by atoms with van der Waals surface area (Å²) in [6.07, 6.45) is 4.47. The van der Waals surface area contributed by atoms with Gasteiger partial charge in [-0.1, -0.05) is 18.2 Å². The van der Waals surface area contributed by atoms with Gasteiger partial charge in [0.1, 0.15) is 18.2 Å². The fourth-order valence-corrected chi connectivity index (χ4v) is 3.30. The van der Waals surface area contributed by atoms with Crippen LogP contribution in [0.4, 0.5) is 5.82 Å². The molecular formula is C18H19N3O2. The van der Waals surface area contributed by atoms with Gasteiger partial charge in [0, 0.05) is 29.5 Å². The van der Waals surface area contributed by atoms with Crippen molar-refractivity contribution in [3.63, 3.8) is 0 Å². The highest BCUT2D eigenvalue weighted by Gasteiger charge is 2.32. The molecule has 1 aromatic heterocycles. The third-order valence-electron chi connectivity index (χ3n) is 4.44. The minimum Gasteiger partial charge on any atom is -0.489 e. The average Bonchev–Trinajstić information content (AvgIpc) is 2.97. The number of hydrogen-bond acceptors (Lipinski definition) is 3. The third kappa shape index (κ3) is 2.32. The predicted molar refractivity (Wildman–Crippen MR) is 88.5 cm³/mol.